The van der Waals surface area contributed by atoms with Crippen molar-refractivity contribution >= 4 is 29.2 Å². The van der Waals surface area contributed by atoms with E-state index in [1.807, 2.05) is 0 Å². The summed E-state index contributed by atoms with van der Waals surface area (Å²) in [6.45, 7) is 0.494. The molecule has 0 spiro atoms. The van der Waals surface area contributed by atoms with Crippen molar-refractivity contribution in [3.63, 3.8) is 0 Å². The summed E-state index contributed by atoms with van der Waals surface area (Å²) in [6.07, 6.45) is 1.31. The Morgan fingerprint density at radius 3 is 2.49 bits per heavy atom. The van der Waals surface area contributed by atoms with Crippen molar-refractivity contribution in [2.24, 2.45) is 5.73 Å². The number of nitrogens with one attached hydrogen (secondary N) is 2. The zero-order valence-corrected chi connectivity index (χ0v) is 18.9. The average Bonchev–Trinajstić information content (AvgIpc) is 3.27. The number of amides is 2. The number of aromatic nitrogens is 3. The van der Waals surface area contributed by atoms with Crippen molar-refractivity contribution in [3.8, 4) is 16.9 Å². The molecule has 2 aromatic carbocycles. The smallest absolute Gasteiger partial charge is 0.271 e. The van der Waals surface area contributed by atoms with Gasteiger partial charge in [0.25, 0.3) is 11.8 Å². The fraction of sp³-hybridized carbons (Fsp3) is 0.0833. The summed E-state index contributed by atoms with van der Waals surface area (Å²) in [6, 6.07) is 14.7. The van der Waals surface area contributed by atoms with E-state index in [1.165, 1.54) is 23.0 Å². The molecule has 4 aromatic rings. The largest absolute Gasteiger partial charge is 0.349 e. The number of nitrogens with zero attached hydrogens (tertiary/aromatic N) is 3. The van der Waals surface area contributed by atoms with Crippen molar-refractivity contribution < 1.29 is 18.4 Å². The summed E-state index contributed by atoms with van der Waals surface area (Å²) in [5.74, 6) is -2.63. The maximum atomic E-state index is 14.6. The zero-order chi connectivity index (χ0) is 24.9. The predicted octanol–water partition coefficient (Wildman–Crippen LogP) is 3.81. The molecule has 0 aliphatic rings. The Morgan fingerprint density at radius 2 is 1.77 bits per heavy atom. The Bertz CT molecular complexity index is 1390. The van der Waals surface area contributed by atoms with Gasteiger partial charge in [-0.15, -0.1) is 0 Å². The second kappa shape index (κ2) is 10.4. The summed E-state index contributed by atoms with van der Waals surface area (Å²) in [7, 11) is 0. The molecule has 178 valence electrons. The molecule has 2 aromatic heterocycles. The fourth-order valence-corrected chi connectivity index (χ4v) is 3.53. The van der Waals surface area contributed by atoms with Gasteiger partial charge in [0.1, 0.15) is 23.1 Å². The van der Waals surface area contributed by atoms with Crippen LogP contribution in [0.3, 0.4) is 0 Å². The minimum absolute atomic E-state index is 0.0408. The lowest BCUT2D eigenvalue weighted by atomic mass is 10.1. The van der Waals surface area contributed by atoms with E-state index in [0.717, 1.165) is 18.2 Å². The second-order valence-electron chi connectivity index (χ2n) is 7.31. The molecule has 0 saturated carbocycles. The maximum absolute atomic E-state index is 14.6. The van der Waals surface area contributed by atoms with Gasteiger partial charge in [0.2, 0.25) is 0 Å². The van der Waals surface area contributed by atoms with E-state index in [4.69, 9.17) is 17.3 Å². The van der Waals surface area contributed by atoms with Crippen LogP contribution in [0.4, 0.5) is 14.6 Å². The summed E-state index contributed by atoms with van der Waals surface area (Å²) in [5.41, 5.74) is 5.44. The highest BCUT2D eigenvalue weighted by Gasteiger charge is 2.22. The Hall–Kier alpha value is -4.15. The molecule has 35 heavy (non-hydrogen) atoms. The molecule has 0 aliphatic heterocycles. The van der Waals surface area contributed by atoms with E-state index in [9.17, 15) is 18.4 Å². The molecular formula is C24H19ClF2N6O2. The molecule has 0 bridgehead atoms. The molecule has 4 N–H and O–H groups in total. The lowest BCUT2D eigenvalue weighted by molar-refractivity contribution is 0.0948. The van der Waals surface area contributed by atoms with Gasteiger partial charge >= 0.3 is 0 Å². The number of para-hydroxylation sites is 1. The van der Waals surface area contributed by atoms with E-state index in [2.05, 4.69) is 20.7 Å². The maximum Gasteiger partial charge on any atom is 0.271 e. The van der Waals surface area contributed by atoms with E-state index >= 15 is 0 Å². The van der Waals surface area contributed by atoms with Crippen molar-refractivity contribution in [3.05, 3.63) is 94.8 Å². The van der Waals surface area contributed by atoms with Gasteiger partial charge in [0.05, 0.1) is 16.3 Å². The van der Waals surface area contributed by atoms with Gasteiger partial charge in [-0.1, -0.05) is 29.8 Å². The summed E-state index contributed by atoms with van der Waals surface area (Å²) in [5, 5.41) is 9.36. The quantitative estimate of drug-likeness (QED) is 0.360. The molecule has 0 saturated heterocycles. The molecule has 11 heteroatoms. The van der Waals surface area contributed by atoms with Crippen LogP contribution in [0.1, 0.15) is 20.8 Å². The SMILES string of the molecule is NCCNC(=O)c1cc(NC(=O)c2cc(-c3ncccc3F)c(F)cc2Cl)n(-c2ccccc2)n1. The lowest BCUT2D eigenvalue weighted by Crippen LogP contribution is -2.29. The highest BCUT2D eigenvalue weighted by atomic mass is 35.5. The van der Waals surface area contributed by atoms with Crippen molar-refractivity contribution in [1.82, 2.24) is 20.1 Å². The van der Waals surface area contributed by atoms with Crippen molar-refractivity contribution in [2.75, 3.05) is 18.4 Å². The third-order valence-corrected chi connectivity index (χ3v) is 5.24. The van der Waals surface area contributed by atoms with Crippen LogP contribution in [0.5, 0.6) is 0 Å². The van der Waals surface area contributed by atoms with E-state index in [0.29, 0.717) is 5.69 Å². The van der Waals surface area contributed by atoms with Crippen molar-refractivity contribution in [1.29, 1.82) is 0 Å². The fourth-order valence-electron chi connectivity index (χ4n) is 3.30. The molecule has 0 radical (unpaired) electrons. The summed E-state index contributed by atoms with van der Waals surface area (Å²) < 4.78 is 30.2. The van der Waals surface area contributed by atoms with Crippen LogP contribution in [0.2, 0.25) is 5.02 Å². The van der Waals surface area contributed by atoms with Gasteiger partial charge in [-0.05, 0) is 36.4 Å². The topological polar surface area (TPSA) is 115 Å². The summed E-state index contributed by atoms with van der Waals surface area (Å²) in [4.78, 5) is 29.4. The van der Waals surface area contributed by atoms with Gasteiger partial charge in [-0.3, -0.25) is 14.6 Å². The number of rotatable bonds is 7. The zero-order valence-electron chi connectivity index (χ0n) is 18.1. The Morgan fingerprint density at radius 1 is 1.00 bits per heavy atom. The molecule has 0 fully saturated rings. The molecule has 8 nitrogen and oxygen atoms in total. The minimum atomic E-state index is -0.836. The number of anilines is 1. The first-order valence-corrected chi connectivity index (χ1v) is 10.8. The molecule has 4 rings (SSSR count). The number of pyridine rings is 1. The van der Waals surface area contributed by atoms with Gasteiger partial charge in [0.15, 0.2) is 5.69 Å². The number of carbonyl (C=O) groups is 2. The Kier molecular flexibility index (Phi) is 7.14. The highest BCUT2D eigenvalue weighted by Crippen LogP contribution is 2.30. The lowest BCUT2D eigenvalue weighted by Gasteiger charge is -2.11. The Labute approximate surface area is 203 Å². The van der Waals surface area contributed by atoms with Crippen LogP contribution in [0.25, 0.3) is 16.9 Å². The van der Waals surface area contributed by atoms with Crippen molar-refractivity contribution in [2.45, 2.75) is 0 Å². The van der Waals surface area contributed by atoms with Crippen LogP contribution >= 0.6 is 11.6 Å². The van der Waals surface area contributed by atoms with Gasteiger partial charge in [0, 0.05) is 30.9 Å². The average molecular weight is 497 g/mol. The standard InChI is InChI=1S/C24H19ClF2N6O2/c25-17-12-19(27)16(22-18(26)7-4-9-29-22)11-15(17)23(34)31-21-13-20(24(35)30-10-8-28)32-33(21)14-5-2-1-3-6-14/h1-7,9,11-13H,8,10,28H2,(H,30,35)(H,31,34). The van der Waals surface area contributed by atoms with Crippen LogP contribution < -0.4 is 16.4 Å². The molecular weight excluding hydrogens is 478 g/mol. The third kappa shape index (κ3) is 5.18. The minimum Gasteiger partial charge on any atom is -0.349 e. The number of benzene rings is 2. The number of nitrogens with two attached hydrogens (primary N) is 1. The van der Waals surface area contributed by atoms with Gasteiger partial charge < -0.3 is 16.4 Å². The van der Waals surface area contributed by atoms with E-state index < -0.39 is 23.4 Å². The molecule has 2 amide bonds. The van der Waals surface area contributed by atoms with Crippen LogP contribution in [-0.2, 0) is 0 Å². The number of halogens is 3. The monoisotopic (exact) mass is 496 g/mol. The molecule has 0 unspecified atom stereocenters. The van der Waals surface area contributed by atoms with Gasteiger partial charge in [-0.25, -0.2) is 13.5 Å². The first-order chi connectivity index (χ1) is 16.9. The first kappa shape index (κ1) is 24.0. The highest BCUT2D eigenvalue weighted by molar-refractivity contribution is 6.34. The van der Waals surface area contributed by atoms with E-state index in [-0.39, 0.29) is 46.4 Å². The predicted molar refractivity (Wildman–Crippen MR) is 128 cm³/mol. The van der Waals surface area contributed by atoms with Crippen LogP contribution in [-0.4, -0.2) is 39.7 Å². The molecule has 0 atom stereocenters. The molecule has 2 heterocycles. The number of carbonyl (C=O) groups excluding carboxylic acids is 2. The third-order valence-electron chi connectivity index (χ3n) is 4.93. The first-order valence-electron chi connectivity index (χ1n) is 10.4. The van der Waals surface area contributed by atoms with Crippen LogP contribution in [0, 0.1) is 11.6 Å². The second-order valence-corrected chi connectivity index (χ2v) is 7.71. The Balaban J connectivity index is 1.72. The number of hydrogen-bond donors (Lipinski definition) is 3. The summed E-state index contributed by atoms with van der Waals surface area (Å²) >= 11 is 6.15. The number of hydrogen-bond acceptors (Lipinski definition) is 5. The van der Waals surface area contributed by atoms with E-state index in [1.54, 1.807) is 30.3 Å². The normalized spacial score (nSPS) is 10.7. The van der Waals surface area contributed by atoms with Gasteiger partial charge in [-0.2, -0.15) is 5.10 Å². The van der Waals surface area contributed by atoms with Crippen LogP contribution in [0.15, 0.2) is 66.9 Å². The molecule has 0 aliphatic carbocycles.